The molecule has 0 spiro atoms. The van der Waals surface area contributed by atoms with Crippen molar-refractivity contribution in [2.45, 2.75) is 22.0 Å². The van der Waals surface area contributed by atoms with Gasteiger partial charge in [0.25, 0.3) is 15.8 Å². The van der Waals surface area contributed by atoms with Crippen LogP contribution in [0.1, 0.15) is 5.56 Å². The molecule has 2 aromatic rings. The van der Waals surface area contributed by atoms with E-state index in [2.05, 4.69) is 4.72 Å². The van der Waals surface area contributed by atoms with Gasteiger partial charge in [-0.2, -0.15) is 8.78 Å². The molecule has 26 heavy (non-hydrogen) atoms. The number of anilines is 1. The molecule has 2 rings (SSSR count). The molecule has 0 saturated carbocycles. The number of nitrogens with one attached hydrogen (secondary N) is 1. The molecule has 0 aromatic heterocycles. The molecule has 2 N–H and O–H groups in total. The average Bonchev–Trinajstić information content (AvgIpc) is 2.55. The first-order valence-corrected chi connectivity index (χ1v) is 9.54. The molecule has 0 heterocycles. The average molecular weight is 403 g/mol. The molecule has 0 saturated heterocycles. The molecule has 10 heteroatoms. The van der Waals surface area contributed by atoms with Crippen molar-refractivity contribution in [3.8, 4) is 5.75 Å². The lowest BCUT2D eigenvalue weighted by atomic mass is 10.1. The second-order valence-corrected chi connectivity index (χ2v) is 7.78. The van der Waals surface area contributed by atoms with Gasteiger partial charge < -0.3 is 9.84 Å². The van der Waals surface area contributed by atoms with Crippen LogP contribution in [-0.4, -0.2) is 32.4 Å². The molecule has 0 fully saturated rings. The number of alkyl halides is 2. The summed E-state index contributed by atoms with van der Waals surface area (Å²) in [5.41, 5.74) is 0.469. The highest BCUT2D eigenvalue weighted by Gasteiger charge is 2.21. The second kappa shape index (κ2) is 8.37. The summed E-state index contributed by atoms with van der Waals surface area (Å²) in [4.78, 5) is 10.9. The Morgan fingerprint density at radius 2 is 1.88 bits per heavy atom. The second-order valence-electron chi connectivity index (χ2n) is 5.06. The number of sulfonamides is 1. The van der Waals surface area contributed by atoms with Gasteiger partial charge in [0.1, 0.15) is 10.6 Å². The largest absolute Gasteiger partial charge is 0.495 e. The molecule has 0 aliphatic carbocycles. The monoisotopic (exact) mass is 403 g/mol. The highest BCUT2D eigenvalue weighted by molar-refractivity contribution is 7.99. The van der Waals surface area contributed by atoms with Gasteiger partial charge in [-0.15, -0.1) is 0 Å². The molecule has 0 atom stereocenters. The van der Waals surface area contributed by atoms with Crippen LogP contribution in [0.5, 0.6) is 5.75 Å². The molecule has 0 aliphatic heterocycles. The van der Waals surface area contributed by atoms with Crippen molar-refractivity contribution in [1.82, 2.24) is 0 Å². The quantitative estimate of drug-likeness (QED) is 0.656. The summed E-state index contributed by atoms with van der Waals surface area (Å²) < 4.78 is 57.2. The number of rotatable bonds is 8. The number of aliphatic carboxylic acids is 1. The molecule has 2 aromatic carbocycles. The zero-order valence-corrected chi connectivity index (χ0v) is 15.1. The van der Waals surface area contributed by atoms with E-state index in [-0.39, 0.29) is 22.8 Å². The third kappa shape index (κ3) is 5.33. The summed E-state index contributed by atoms with van der Waals surface area (Å²) in [5, 5.41) is 8.86. The van der Waals surface area contributed by atoms with Crippen LogP contribution >= 0.6 is 11.8 Å². The molecule has 0 radical (unpaired) electrons. The van der Waals surface area contributed by atoms with E-state index < -0.39 is 21.8 Å². The molecule has 0 amide bonds. The van der Waals surface area contributed by atoms with E-state index in [4.69, 9.17) is 9.84 Å². The van der Waals surface area contributed by atoms with Gasteiger partial charge in [-0.1, -0.05) is 17.8 Å². The van der Waals surface area contributed by atoms with Gasteiger partial charge in [-0.3, -0.25) is 9.52 Å². The summed E-state index contributed by atoms with van der Waals surface area (Å²) in [5.74, 6) is -3.62. The number of carbonyl (C=O) groups is 1. The number of ether oxygens (including phenoxy) is 1. The number of hydrogen-bond acceptors (Lipinski definition) is 5. The number of methoxy groups -OCH3 is 1. The van der Waals surface area contributed by atoms with Crippen LogP contribution < -0.4 is 9.46 Å². The van der Waals surface area contributed by atoms with Crippen LogP contribution in [0.4, 0.5) is 14.5 Å². The number of carboxylic acids is 1. The number of hydrogen-bond donors (Lipinski definition) is 2. The van der Waals surface area contributed by atoms with E-state index in [9.17, 15) is 22.0 Å². The molecule has 0 bridgehead atoms. The lowest BCUT2D eigenvalue weighted by Gasteiger charge is -2.13. The predicted molar refractivity (Wildman–Crippen MR) is 93.4 cm³/mol. The number of benzene rings is 2. The maximum Gasteiger partial charge on any atom is 0.307 e. The lowest BCUT2D eigenvalue weighted by molar-refractivity contribution is -0.136. The zero-order chi connectivity index (χ0) is 19.3. The summed E-state index contributed by atoms with van der Waals surface area (Å²) in [6.45, 7) is 0. The van der Waals surface area contributed by atoms with Crippen molar-refractivity contribution >= 4 is 33.4 Å². The number of thioether (sulfide) groups is 1. The Morgan fingerprint density at radius 1 is 1.23 bits per heavy atom. The Balaban J connectivity index is 2.30. The normalized spacial score (nSPS) is 11.4. The topological polar surface area (TPSA) is 92.7 Å². The minimum Gasteiger partial charge on any atom is -0.495 e. The molecule has 0 aliphatic rings. The highest BCUT2D eigenvalue weighted by Crippen LogP contribution is 2.29. The van der Waals surface area contributed by atoms with E-state index in [1.54, 1.807) is 0 Å². The van der Waals surface area contributed by atoms with E-state index in [0.29, 0.717) is 22.2 Å². The maximum atomic E-state index is 12.6. The van der Waals surface area contributed by atoms with Gasteiger partial charge in [-0.25, -0.2) is 8.42 Å². The first kappa shape index (κ1) is 20.0. The Bertz CT molecular complexity index is 886. The summed E-state index contributed by atoms with van der Waals surface area (Å²) in [6, 6.07) is 9.50. The smallest absolute Gasteiger partial charge is 0.307 e. The van der Waals surface area contributed by atoms with Crippen LogP contribution in [0.3, 0.4) is 0 Å². The van der Waals surface area contributed by atoms with E-state index in [0.717, 1.165) is 0 Å². The van der Waals surface area contributed by atoms with Gasteiger partial charge in [0.05, 0.1) is 13.5 Å². The van der Waals surface area contributed by atoms with Gasteiger partial charge in [0.15, 0.2) is 0 Å². The van der Waals surface area contributed by atoms with Gasteiger partial charge in [0, 0.05) is 10.6 Å². The van der Waals surface area contributed by atoms with Crippen molar-refractivity contribution in [1.29, 1.82) is 0 Å². The third-order valence-electron chi connectivity index (χ3n) is 3.20. The number of halogens is 2. The third-order valence-corrected chi connectivity index (χ3v) is 5.33. The maximum absolute atomic E-state index is 12.6. The highest BCUT2D eigenvalue weighted by atomic mass is 32.2. The van der Waals surface area contributed by atoms with E-state index in [1.807, 2.05) is 0 Å². The van der Waals surface area contributed by atoms with Gasteiger partial charge in [-0.05, 0) is 42.0 Å². The fourth-order valence-electron chi connectivity index (χ4n) is 2.13. The van der Waals surface area contributed by atoms with Crippen LogP contribution in [0, 0.1) is 0 Å². The van der Waals surface area contributed by atoms with E-state index >= 15 is 0 Å². The molecule has 0 unspecified atom stereocenters. The Hall–Kier alpha value is -2.33. The standard InChI is InChI=1S/C16H15F2NO5S2/c1-24-13-7-2-10(9-15(20)21)8-14(13)26(22,23)19-11-3-5-12(6-4-11)25-16(17)18/h2-8,16,19H,9H2,1H3,(H,20,21). The van der Waals surface area contributed by atoms with Crippen molar-refractivity contribution in [3.63, 3.8) is 0 Å². The van der Waals surface area contributed by atoms with Crippen molar-refractivity contribution in [3.05, 3.63) is 48.0 Å². The van der Waals surface area contributed by atoms with Crippen molar-refractivity contribution in [2.24, 2.45) is 0 Å². The van der Waals surface area contributed by atoms with Crippen LogP contribution in [-0.2, 0) is 21.2 Å². The van der Waals surface area contributed by atoms with Gasteiger partial charge >= 0.3 is 5.97 Å². The first-order chi connectivity index (χ1) is 12.2. The molecular weight excluding hydrogens is 388 g/mol. The number of carboxylic acid groups (broad SMARTS) is 1. The SMILES string of the molecule is COc1ccc(CC(=O)O)cc1S(=O)(=O)Nc1ccc(SC(F)F)cc1. The minimum atomic E-state index is -4.07. The van der Waals surface area contributed by atoms with Gasteiger partial charge in [0.2, 0.25) is 0 Å². The Labute approximate surface area is 153 Å². The Kier molecular flexibility index (Phi) is 6.43. The fraction of sp³-hybridized carbons (Fsp3) is 0.188. The van der Waals surface area contributed by atoms with Crippen molar-refractivity contribution in [2.75, 3.05) is 11.8 Å². The minimum absolute atomic E-state index is 0.0523. The van der Waals surface area contributed by atoms with Crippen LogP contribution in [0.25, 0.3) is 0 Å². The lowest BCUT2D eigenvalue weighted by Crippen LogP contribution is -2.15. The molecule has 140 valence electrons. The fourth-order valence-corrected chi connectivity index (χ4v) is 3.91. The Morgan fingerprint density at radius 3 is 2.42 bits per heavy atom. The summed E-state index contributed by atoms with van der Waals surface area (Å²) in [7, 11) is -2.78. The van der Waals surface area contributed by atoms with Crippen molar-refractivity contribution < 1.29 is 31.8 Å². The van der Waals surface area contributed by atoms with E-state index in [1.165, 1.54) is 49.6 Å². The first-order valence-electron chi connectivity index (χ1n) is 7.17. The summed E-state index contributed by atoms with van der Waals surface area (Å²) >= 11 is 0.349. The summed E-state index contributed by atoms with van der Waals surface area (Å²) in [6.07, 6.45) is -0.341. The predicted octanol–water partition coefficient (Wildman–Crippen LogP) is 3.44. The zero-order valence-electron chi connectivity index (χ0n) is 13.5. The molecular formula is C16H15F2NO5S2. The molecule has 6 nitrogen and oxygen atoms in total. The van der Waals surface area contributed by atoms with Crippen LogP contribution in [0.2, 0.25) is 0 Å². The van der Waals surface area contributed by atoms with Crippen LogP contribution in [0.15, 0.2) is 52.3 Å².